The van der Waals surface area contributed by atoms with Gasteiger partial charge in [-0.2, -0.15) is 4.37 Å². The second-order valence-electron chi connectivity index (χ2n) is 6.03. The van der Waals surface area contributed by atoms with Gasteiger partial charge < -0.3 is 10.2 Å². The summed E-state index contributed by atoms with van der Waals surface area (Å²) in [6.45, 7) is 1.79. The second-order valence-corrected chi connectivity index (χ2v) is 6.77. The monoisotopic (exact) mass is 330 g/mol. The van der Waals surface area contributed by atoms with Gasteiger partial charge in [0.25, 0.3) is 5.91 Å². The Morgan fingerprint density at radius 2 is 2.04 bits per heavy atom. The van der Waals surface area contributed by atoms with Gasteiger partial charge >= 0.3 is 0 Å². The van der Waals surface area contributed by atoms with Crippen LogP contribution in [0.25, 0.3) is 0 Å². The SMILES string of the molecule is O=C(NC1CCN(c2nc(C3CC3)ns2)CC1)c1cnccn1. The molecule has 1 saturated heterocycles. The number of aromatic nitrogens is 4. The number of hydrogen-bond acceptors (Lipinski definition) is 7. The normalized spacial score (nSPS) is 18.9. The highest BCUT2D eigenvalue weighted by Crippen LogP contribution is 2.39. The van der Waals surface area contributed by atoms with Gasteiger partial charge in [-0.05, 0) is 25.7 Å². The van der Waals surface area contributed by atoms with E-state index in [2.05, 4.69) is 29.5 Å². The molecule has 0 atom stereocenters. The first-order chi connectivity index (χ1) is 11.3. The van der Waals surface area contributed by atoms with Gasteiger partial charge in [0.1, 0.15) is 11.5 Å². The van der Waals surface area contributed by atoms with Gasteiger partial charge in [0.05, 0.1) is 6.20 Å². The maximum absolute atomic E-state index is 12.1. The van der Waals surface area contributed by atoms with E-state index in [9.17, 15) is 4.79 Å². The molecule has 2 aliphatic rings. The lowest BCUT2D eigenvalue weighted by Crippen LogP contribution is -2.44. The molecule has 7 nitrogen and oxygen atoms in total. The fourth-order valence-corrected chi connectivity index (χ4v) is 3.55. The topological polar surface area (TPSA) is 83.9 Å². The van der Waals surface area contributed by atoms with E-state index in [1.807, 2.05) is 0 Å². The number of amides is 1. The van der Waals surface area contributed by atoms with E-state index in [-0.39, 0.29) is 11.9 Å². The Bertz CT molecular complexity index is 678. The van der Waals surface area contributed by atoms with Crippen LogP contribution in [-0.2, 0) is 0 Å². The highest BCUT2D eigenvalue weighted by molar-refractivity contribution is 7.09. The van der Waals surface area contributed by atoms with Crippen molar-refractivity contribution in [3.05, 3.63) is 30.1 Å². The van der Waals surface area contributed by atoms with Crippen molar-refractivity contribution in [1.29, 1.82) is 0 Å². The lowest BCUT2D eigenvalue weighted by molar-refractivity contribution is 0.0925. The average molecular weight is 330 g/mol. The Labute approximate surface area is 138 Å². The highest BCUT2D eigenvalue weighted by Gasteiger charge is 2.29. The third kappa shape index (κ3) is 3.31. The fourth-order valence-electron chi connectivity index (χ4n) is 2.75. The second kappa shape index (κ2) is 6.19. The van der Waals surface area contributed by atoms with Crippen molar-refractivity contribution in [1.82, 2.24) is 24.6 Å². The van der Waals surface area contributed by atoms with Crippen LogP contribution in [0.15, 0.2) is 18.6 Å². The third-order valence-electron chi connectivity index (χ3n) is 4.27. The quantitative estimate of drug-likeness (QED) is 0.917. The van der Waals surface area contributed by atoms with Crippen molar-refractivity contribution >= 4 is 22.6 Å². The van der Waals surface area contributed by atoms with E-state index in [0.29, 0.717) is 11.6 Å². The summed E-state index contributed by atoms with van der Waals surface area (Å²) in [6.07, 6.45) is 8.86. The van der Waals surface area contributed by atoms with Gasteiger partial charge in [-0.15, -0.1) is 0 Å². The summed E-state index contributed by atoms with van der Waals surface area (Å²) in [5.74, 6) is 1.47. The Balaban J connectivity index is 1.31. The molecule has 0 bridgehead atoms. The number of piperidine rings is 1. The number of carbonyl (C=O) groups is 1. The molecule has 3 heterocycles. The molecule has 120 valence electrons. The standard InChI is InChI=1S/C15H18N6OS/c22-14(12-9-16-5-6-17-12)18-11-3-7-21(8-4-11)15-19-13(20-23-15)10-1-2-10/h5-6,9-11H,1-4,7-8H2,(H,18,22). The van der Waals surface area contributed by atoms with Crippen LogP contribution in [-0.4, -0.2) is 44.4 Å². The maximum Gasteiger partial charge on any atom is 0.271 e. The molecule has 1 aliphatic carbocycles. The third-order valence-corrected chi connectivity index (χ3v) is 5.06. The Morgan fingerprint density at radius 3 is 2.74 bits per heavy atom. The number of hydrogen-bond donors (Lipinski definition) is 1. The smallest absolute Gasteiger partial charge is 0.271 e. The average Bonchev–Trinajstić information content (AvgIpc) is 3.34. The largest absolute Gasteiger partial charge is 0.348 e. The van der Waals surface area contributed by atoms with Crippen molar-refractivity contribution in [2.24, 2.45) is 0 Å². The number of nitrogens with one attached hydrogen (secondary N) is 1. The lowest BCUT2D eigenvalue weighted by Gasteiger charge is -2.31. The number of anilines is 1. The molecule has 8 heteroatoms. The van der Waals surface area contributed by atoms with Crippen LogP contribution < -0.4 is 10.2 Å². The van der Waals surface area contributed by atoms with Crippen LogP contribution in [0.1, 0.15) is 47.9 Å². The van der Waals surface area contributed by atoms with Gasteiger partial charge in [0, 0.05) is 49.0 Å². The van der Waals surface area contributed by atoms with Gasteiger partial charge in [-0.25, -0.2) is 9.97 Å². The first kappa shape index (κ1) is 14.5. The zero-order chi connectivity index (χ0) is 15.6. The molecule has 0 radical (unpaired) electrons. The minimum Gasteiger partial charge on any atom is -0.348 e. The van der Waals surface area contributed by atoms with Crippen LogP contribution in [0.2, 0.25) is 0 Å². The summed E-state index contributed by atoms with van der Waals surface area (Å²) < 4.78 is 4.46. The summed E-state index contributed by atoms with van der Waals surface area (Å²) in [4.78, 5) is 27.0. The first-order valence-electron chi connectivity index (χ1n) is 7.95. The zero-order valence-electron chi connectivity index (χ0n) is 12.7. The van der Waals surface area contributed by atoms with Crippen molar-refractivity contribution < 1.29 is 4.79 Å². The van der Waals surface area contributed by atoms with E-state index >= 15 is 0 Å². The molecule has 0 aromatic carbocycles. The van der Waals surface area contributed by atoms with E-state index < -0.39 is 0 Å². The fraction of sp³-hybridized carbons (Fsp3) is 0.533. The molecule has 0 unspecified atom stereocenters. The summed E-state index contributed by atoms with van der Waals surface area (Å²) >= 11 is 1.50. The van der Waals surface area contributed by atoms with Gasteiger partial charge in [0.2, 0.25) is 5.13 Å². The van der Waals surface area contributed by atoms with Crippen molar-refractivity contribution in [2.75, 3.05) is 18.0 Å². The van der Waals surface area contributed by atoms with Gasteiger partial charge in [0.15, 0.2) is 0 Å². The van der Waals surface area contributed by atoms with Gasteiger partial charge in [-0.1, -0.05) is 0 Å². The number of nitrogens with zero attached hydrogens (tertiary/aromatic N) is 5. The molecular weight excluding hydrogens is 312 g/mol. The predicted octanol–water partition coefficient (Wildman–Crippen LogP) is 1.60. The Morgan fingerprint density at radius 1 is 1.22 bits per heavy atom. The highest BCUT2D eigenvalue weighted by atomic mass is 32.1. The van der Waals surface area contributed by atoms with E-state index in [0.717, 1.165) is 36.9 Å². The summed E-state index contributed by atoms with van der Waals surface area (Å²) in [7, 11) is 0. The molecular formula is C15H18N6OS. The number of carbonyl (C=O) groups excluding carboxylic acids is 1. The minimum atomic E-state index is -0.150. The van der Waals surface area contributed by atoms with E-state index in [1.54, 1.807) is 6.20 Å². The van der Waals surface area contributed by atoms with E-state index in [4.69, 9.17) is 0 Å². The van der Waals surface area contributed by atoms with Crippen molar-refractivity contribution in [2.45, 2.75) is 37.6 Å². The zero-order valence-corrected chi connectivity index (χ0v) is 13.5. The molecule has 0 spiro atoms. The van der Waals surface area contributed by atoms with Crippen molar-refractivity contribution in [3.63, 3.8) is 0 Å². The Hall–Kier alpha value is -2.09. The van der Waals surface area contributed by atoms with Crippen molar-refractivity contribution in [3.8, 4) is 0 Å². The molecule has 4 rings (SSSR count). The van der Waals surface area contributed by atoms with E-state index in [1.165, 1.54) is 36.8 Å². The molecule has 1 saturated carbocycles. The predicted molar refractivity (Wildman–Crippen MR) is 86.6 cm³/mol. The van der Waals surface area contributed by atoms with Crippen LogP contribution in [0.5, 0.6) is 0 Å². The van der Waals surface area contributed by atoms with Crippen LogP contribution in [0.3, 0.4) is 0 Å². The molecule has 2 aromatic heterocycles. The van der Waals surface area contributed by atoms with Crippen LogP contribution in [0.4, 0.5) is 5.13 Å². The Kier molecular flexibility index (Phi) is 3.90. The molecule has 1 amide bonds. The summed E-state index contributed by atoms with van der Waals surface area (Å²) in [5, 5.41) is 4.06. The van der Waals surface area contributed by atoms with Crippen LogP contribution in [0, 0.1) is 0 Å². The molecule has 2 aromatic rings. The maximum atomic E-state index is 12.1. The summed E-state index contributed by atoms with van der Waals surface area (Å²) in [5.41, 5.74) is 0.369. The summed E-state index contributed by atoms with van der Waals surface area (Å²) in [6, 6.07) is 0.177. The molecule has 23 heavy (non-hydrogen) atoms. The molecule has 1 N–H and O–H groups in total. The lowest BCUT2D eigenvalue weighted by atomic mass is 10.1. The minimum absolute atomic E-state index is 0.150. The molecule has 1 aliphatic heterocycles. The van der Waals surface area contributed by atoms with Gasteiger partial charge in [-0.3, -0.25) is 9.78 Å². The molecule has 2 fully saturated rings. The van der Waals surface area contributed by atoms with Crippen LogP contribution >= 0.6 is 11.5 Å². The first-order valence-corrected chi connectivity index (χ1v) is 8.72. The number of rotatable bonds is 4.